The summed E-state index contributed by atoms with van der Waals surface area (Å²) < 4.78 is 32.9. The molecule has 0 aliphatic carbocycles. The van der Waals surface area contributed by atoms with Gasteiger partial charge in [0.2, 0.25) is 15.9 Å². The van der Waals surface area contributed by atoms with E-state index in [4.69, 9.17) is 4.74 Å². The van der Waals surface area contributed by atoms with E-state index in [9.17, 15) is 13.2 Å². The zero-order valence-corrected chi connectivity index (χ0v) is 14.2. The lowest BCUT2D eigenvalue weighted by molar-refractivity contribution is -0.116. The van der Waals surface area contributed by atoms with E-state index in [1.54, 1.807) is 18.2 Å². The van der Waals surface area contributed by atoms with Gasteiger partial charge >= 0.3 is 0 Å². The van der Waals surface area contributed by atoms with Crippen molar-refractivity contribution in [2.45, 2.75) is 50.2 Å². The highest BCUT2D eigenvalue weighted by molar-refractivity contribution is 7.89. The Balaban J connectivity index is 1.91. The molecule has 23 heavy (non-hydrogen) atoms. The molecule has 2 atom stereocenters. The zero-order valence-electron chi connectivity index (χ0n) is 13.4. The van der Waals surface area contributed by atoms with Crippen molar-refractivity contribution in [3.05, 3.63) is 23.8 Å². The molecule has 2 aliphatic rings. The maximum atomic E-state index is 12.9. The third-order valence-corrected chi connectivity index (χ3v) is 6.05. The molecule has 1 amide bonds. The van der Waals surface area contributed by atoms with Crippen LogP contribution in [0.1, 0.15) is 32.3 Å². The van der Waals surface area contributed by atoms with Gasteiger partial charge < -0.3 is 10.1 Å². The number of sulfonamides is 1. The first-order chi connectivity index (χ1) is 10.9. The molecule has 0 bridgehead atoms. The highest BCUT2D eigenvalue weighted by Gasteiger charge is 2.32. The SMILES string of the molecule is C[C@@H]1CN(S(=O)(=O)c2ccc3c(c2)CCCC(=O)N3)C[C@H](C)O1. The molecule has 1 aromatic rings. The fourth-order valence-electron chi connectivity index (χ4n) is 3.19. The Morgan fingerprint density at radius 2 is 1.87 bits per heavy atom. The Labute approximate surface area is 136 Å². The Kier molecular flexibility index (Phi) is 4.44. The maximum absolute atomic E-state index is 12.9. The number of carbonyl (C=O) groups excluding carboxylic acids is 1. The average molecular weight is 338 g/mol. The minimum absolute atomic E-state index is 0.0183. The van der Waals surface area contributed by atoms with Gasteiger partial charge in [-0.15, -0.1) is 0 Å². The summed E-state index contributed by atoms with van der Waals surface area (Å²) in [4.78, 5) is 11.9. The van der Waals surface area contributed by atoms with Crippen molar-refractivity contribution in [3.63, 3.8) is 0 Å². The smallest absolute Gasteiger partial charge is 0.243 e. The van der Waals surface area contributed by atoms with Crippen molar-refractivity contribution >= 4 is 21.6 Å². The summed E-state index contributed by atoms with van der Waals surface area (Å²) in [6, 6.07) is 4.96. The summed E-state index contributed by atoms with van der Waals surface area (Å²) >= 11 is 0. The van der Waals surface area contributed by atoms with Gasteiger partial charge in [-0.1, -0.05) is 0 Å². The Bertz CT molecular complexity index is 707. The van der Waals surface area contributed by atoms with Gasteiger partial charge in [-0.2, -0.15) is 4.31 Å². The highest BCUT2D eigenvalue weighted by atomic mass is 32.2. The summed E-state index contributed by atoms with van der Waals surface area (Å²) in [7, 11) is -3.55. The van der Waals surface area contributed by atoms with E-state index < -0.39 is 10.0 Å². The minimum atomic E-state index is -3.55. The van der Waals surface area contributed by atoms with Gasteiger partial charge in [0, 0.05) is 25.2 Å². The van der Waals surface area contributed by atoms with Crippen molar-refractivity contribution < 1.29 is 17.9 Å². The number of nitrogens with zero attached hydrogens (tertiary/aromatic N) is 1. The van der Waals surface area contributed by atoms with Gasteiger partial charge in [0.15, 0.2) is 0 Å². The van der Waals surface area contributed by atoms with E-state index in [2.05, 4.69) is 5.32 Å². The summed E-state index contributed by atoms with van der Waals surface area (Å²) in [5, 5.41) is 2.83. The maximum Gasteiger partial charge on any atom is 0.243 e. The van der Waals surface area contributed by atoms with Crippen LogP contribution in [0, 0.1) is 0 Å². The van der Waals surface area contributed by atoms with Gasteiger partial charge in [0.05, 0.1) is 17.1 Å². The van der Waals surface area contributed by atoms with Crippen LogP contribution in [0.5, 0.6) is 0 Å². The Morgan fingerprint density at radius 3 is 2.57 bits per heavy atom. The van der Waals surface area contributed by atoms with Gasteiger partial charge in [0.25, 0.3) is 0 Å². The molecule has 1 fully saturated rings. The number of hydrogen-bond acceptors (Lipinski definition) is 4. The number of amides is 1. The van der Waals surface area contributed by atoms with E-state index >= 15 is 0 Å². The Morgan fingerprint density at radius 1 is 1.17 bits per heavy atom. The highest BCUT2D eigenvalue weighted by Crippen LogP contribution is 2.28. The minimum Gasteiger partial charge on any atom is -0.373 e. The first kappa shape index (κ1) is 16.4. The molecule has 126 valence electrons. The molecule has 6 nitrogen and oxygen atoms in total. The first-order valence-electron chi connectivity index (χ1n) is 7.94. The van der Waals surface area contributed by atoms with Gasteiger partial charge in [-0.3, -0.25) is 4.79 Å². The fourth-order valence-corrected chi connectivity index (χ4v) is 4.83. The number of aryl methyl sites for hydroxylation is 1. The number of morpholine rings is 1. The largest absolute Gasteiger partial charge is 0.373 e. The monoisotopic (exact) mass is 338 g/mol. The second-order valence-corrected chi connectivity index (χ2v) is 8.24. The molecular formula is C16H22N2O4S. The summed E-state index contributed by atoms with van der Waals surface area (Å²) in [6.07, 6.45) is 1.67. The number of rotatable bonds is 2. The van der Waals surface area contributed by atoms with Crippen LogP contribution >= 0.6 is 0 Å². The van der Waals surface area contributed by atoms with E-state index in [1.807, 2.05) is 13.8 Å². The second kappa shape index (κ2) is 6.22. The molecule has 0 unspecified atom stereocenters. The first-order valence-corrected chi connectivity index (χ1v) is 9.38. The van der Waals surface area contributed by atoms with Gasteiger partial charge in [-0.05, 0) is 50.5 Å². The van der Waals surface area contributed by atoms with Crippen LogP contribution in [0.25, 0.3) is 0 Å². The molecule has 0 radical (unpaired) electrons. The van der Waals surface area contributed by atoms with Crippen LogP contribution in [0.4, 0.5) is 5.69 Å². The van der Waals surface area contributed by atoms with Crippen molar-refractivity contribution in [2.24, 2.45) is 0 Å². The number of fused-ring (bicyclic) bond motifs is 1. The lowest BCUT2D eigenvalue weighted by atomic mass is 10.1. The predicted octanol–water partition coefficient (Wildman–Crippen LogP) is 1.76. The van der Waals surface area contributed by atoms with E-state index in [0.717, 1.165) is 17.7 Å². The van der Waals surface area contributed by atoms with Crippen LogP contribution < -0.4 is 5.32 Å². The molecule has 3 rings (SSSR count). The van der Waals surface area contributed by atoms with E-state index in [-0.39, 0.29) is 23.0 Å². The molecule has 1 saturated heterocycles. The zero-order chi connectivity index (χ0) is 16.6. The topological polar surface area (TPSA) is 75.7 Å². The second-order valence-electron chi connectivity index (χ2n) is 6.30. The fraction of sp³-hybridized carbons (Fsp3) is 0.562. The normalized spacial score (nSPS) is 26.3. The Hall–Kier alpha value is -1.44. The molecular weight excluding hydrogens is 316 g/mol. The van der Waals surface area contributed by atoms with Crippen LogP contribution in [0.3, 0.4) is 0 Å². The third-order valence-electron chi connectivity index (χ3n) is 4.22. The van der Waals surface area contributed by atoms with E-state index in [1.165, 1.54) is 4.31 Å². The van der Waals surface area contributed by atoms with Crippen molar-refractivity contribution in [3.8, 4) is 0 Å². The molecule has 2 aliphatic heterocycles. The number of hydrogen-bond donors (Lipinski definition) is 1. The van der Waals surface area contributed by atoms with Crippen LogP contribution in [0.2, 0.25) is 0 Å². The number of anilines is 1. The predicted molar refractivity (Wildman–Crippen MR) is 86.8 cm³/mol. The summed E-state index contributed by atoms with van der Waals surface area (Å²) in [6.45, 7) is 4.48. The van der Waals surface area contributed by atoms with Crippen LogP contribution in [-0.4, -0.2) is 43.9 Å². The summed E-state index contributed by atoms with van der Waals surface area (Å²) in [5.41, 5.74) is 1.60. The summed E-state index contributed by atoms with van der Waals surface area (Å²) in [5.74, 6) is -0.0183. The molecule has 2 heterocycles. The van der Waals surface area contributed by atoms with Crippen molar-refractivity contribution in [2.75, 3.05) is 18.4 Å². The number of benzene rings is 1. The average Bonchev–Trinajstić information content (AvgIpc) is 2.66. The quantitative estimate of drug-likeness (QED) is 0.891. The van der Waals surface area contributed by atoms with Crippen LogP contribution in [-0.2, 0) is 26.0 Å². The number of nitrogens with one attached hydrogen (secondary N) is 1. The molecule has 1 N–H and O–H groups in total. The third kappa shape index (κ3) is 3.41. The molecule has 0 saturated carbocycles. The standard InChI is InChI=1S/C16H22N2O4S/c1-11-9-18(10-12(2)22-11)23(20,21)14-6-7-15-13(8-14)4-3-5-16(19)17-15/h6-8,11-12H,3-5,9-10H2,1-2H3,(H,17,19)/t11-,12+. The molecule has 0 spiro atoms. The molecule has 0 aromatic heterocycles. The van der Waals surface area contributed by atoms with Crippen molar-refractivity contribution in [1.82, 2.24) is 4.31 Å². The molecule has 7 heteroatoms. The lowest BCUT2D eigenvalue weighted by Gasteiger charge is -2.34. The number of ether oxygens (including phenoxy) is 1. The van der Waals surface area contributed by atoms with E-state index in [0.29, 0.717) is 25.9 Å². The molecule has 1 aromatic carbocycles. The lowest BCUT2D eigenvalue weighted by Crippen LogP contribution is -2.48. The number of carbonyl (C=O) groups is 1. The van der Waals surface area contributed by atoms with Gasteiger partial charge in [-0.25, -0.2) is 8.42 Å². The van der Waals surface area contributed by atoms with Crippen molar-refractivity contribution in [1.29, 1.82) is 0 Å². The van der Waals surface area contributed by atoms with Crippen LogP contribution in [0.15, 0.2) is 23.1 Å². The van der Waals surface area contributed by atoms with Gasteiger partial charge in [0.1, 0.15) is 0 Å².